The van der Waals surface area contributed by atoms with E-state index in [0.717, 1.165) is 19.3 Å². The van der Waals surface area contributed by atoms with Crippen molar-refractivity contribution in [3.63, 3.8) is 0 Å². The van der Waals surface area contributed by atoms with E-state index in [4.69, 9.17) is 32.7 Å². The second-order valence-electron chi connectivity index (χ2n) is 13.6. The number of methoxy groups -OCH3 is 1. The van der Waals surface area contributed by atoms with Crippen molar-refractivity contribution in [3.8, 4) is 0 Å². The van der Waals surface area contributed by atoms with E-state index in [9.17, 15) is 24.0 Å². The normalized spacial score (nSPS) is 30.3. The first-order valence-electron chi connectivity index (χ1n) is 14.9. The summed E-state index contributed by atoms with van der Waals surface area (Å²) in [7, 11) is 1.22. The van der Waals surface area contributed by atoms with E-state index >= 15 is 0 Å². The van der Waals surface area contributed by atoms with E-state index in [1.807, 2.05) is 20.8 Å². The average molecular weight is 633 g/mol. The van der Waals surface area contributed by atoms with Crippen molar-refractivity contribution in [2.45, 2.75) is 102 Å². The third-order valence-electron chi connectivity index (χ3n) is 9.53. The standard InChI is InChI=1S/C30H47Cl2N3O7/c1-28(2,3)42-27(40)30(6)12-11-18(29(30,4)5)24(37)33-21(17-22(36)41-7)25(38)34-13-15-35(16-14-34)26(39)23-19(31)9-8-10-20(23)32/h18-21,23H,8-17H2,1-7H3,(H,33,37)/t18-,19?,20?,21+,23?,30+/m1/s1. The topological polar surface area (TPSA) is 122 Å². The molecule has 1 saturated heterocycles. The van der Waals surface area contributed by atoms with E-state index in [0.29, 0.717) is 25.9 Å². The van der Waals surface area contributed by atoms with Crippen LogP contribution in [-0.4, -0.2) is 95.1 Å². The summed E-state index contributed by atoms with van der Waals surface area (Å²) in [5.41, 5.74) is -2.35. The molecular formula is C30H47Cl2N3O7. The van der Waals surface area contributed by atoms with E-state index in [1.165, 1.54) is 7.11 Å². The fourth-order valence-corrected chi connectivity index (χ4v) is 7.37. The van der Waals surface area contributed by atoms with Gasteiger partial charge >= 0.3 is 11.9 Å². The van der Waals surface area contributed by atoms with Crippen LogP contribution in [0.5, 0.6) is 0 Å². The number of rotatable bonds is 7. The maximum atomic E-state index is 13.6. The number of alkyl halides is 2. The lowest BCUT2D eigenvalue weighted by Crippen LogP contribution is -2.58. The minimum atomic E-state index is -1.14. The molecule has 1 heterocycles. The highest BCUT2D eigenvalue weighted by Crippen LogP contribution is 2.57. The van der Waals surface area contributed by atoms with E-state index in [-0.39, 0.29) is 42.1 Å². The second kappa shape index (κ2) is 13.3. The zero-order valence-corrected chi connectivity index (χ0v) is 27.5. The van der Waals surface area contributed by atoms with Gasteiger partial charge in [0.2, 0.25) is 17.7 Å². The van der Waals surface area contributed by atoms with Gasteiger partial charge in [-0.1, -0.05) is 20.3 Å². The largest absolute Gasteiger partial charge is 0.469 e. The molecule has 2 aliphatic carbocycles. The first-order chi connectivity index (χ1) is 19.4. The van der Waals surface area contributed by atoms with Gasteiger partial charge in [0, 0.05) is 42.9 Å². The average Bonchev–Trinajstić information content (AvgIpc) is 3.16. The molecule has 2 unspecified atom stereocenters. The van der Waals surface area contributed by atoms with E-state index < -0.39 is 52.1 Å². The van der Waals surface area contributed by atoms with Crippen molar-refractivity contribution in [3.05, 3.63) is 0 Å². The summed E-state index contributed by atoms with van der Waals surface area (Å²) in [4.78, 5) is 69.1. The first-order valence-corrected chi connectivity index (χ1v) is 15.8. The van der Waals surface area contributed by atoms with Gasteiger partial charge in [0.25, 0.3) is 0 Å². The lowest BCUT2D eigenvalue weighted by Gasteiger charge is -2.41. The fourth-order valence-electron chi connectivity index (χ4n) is 6.42. The van der Waals surface area contributed by atoms with Gasteiger partial charge in [-0.25, -0.2) is 0 Å². The maximum absolute atomic E-state index is 13.6. The number of nitrogens with one attached hydrogen (secondary N) is 1. The summed E-state index contributed by atoms with van der Waals surface area (Å²) in [6.45, 7) is 12.1. The molecule has 0 aromatic heterocycles. The van der Waals surface area contributed by atoms with Gasteiger partial charge in [-0.15, -0.1) is 23.2 Å². The second-order valence-corrected chi connectivity index (χ2v) is 14.7. The van der Waals surface area contributed by atoms with Crippen LogP contribution < -0.4 is 5.32 Å². The molecular weight excluding hydrogens is 585 g/mol. The molecule has 1 N–H and O–H groups in total. The van der Waals surface area contributed by atoms with E-state index in [1.54, 1.807) is 30.6 Å². The smallest absolute Gasteiger partial charge is 0.312 e. The third-order valence-corrected chi connectivity index (χ3v) is 10.5. The van der Waals surface area contributed by atoms with Crippen LogP contribution in [0.4, 0.5) is 0 Å². The molecule has 10 nitrogen and oxygen atoms in total. The molecule has 3 amide bonds. The van der Waals surface area contributed by atoms with Crippen LogP contribution in [0.25, 0.3) is 0 Å². The summed E-state index contributed by atoms with van der Waals surface area (Å²) in [5, 5.41) is 2.17. The Balaban J connectivity index is 1.68. The predicted molar refractivity (Wildman–Crippen MR) is 159 cm³/mol. The van der Waals surface area contributed by atoms with Crippen LogP contribution in [0, 0.1) is 22.7 Å². The minimum Gasteiger partial charge on any atom is -0.469 e. The number of esters is 2. The summed E-state index contributed by atoms with van der Waals surface area (Å²) < 4.78 is 10.5. The molecule has 0 radical (unpaired) electrons. The van der Waals surface area contributed by atoms with E-state index in [2.05, 4.69) is 5.32 Å². The molecule has 1 aliphatic heterocycles. The molecule has 3 rings (SSSR count). The molecule has 238 valence electrons. The number of hydrogen-bond acceptors (Lipinski definition) is 7. The summed E-state index contributed by atoms with van der Waals surface area (Å²) >= 11 is 12.9. The highest BCUT2D eigenvalue weighted by atomic mass is 35.5. The molecule has 12 heteroatoms. The monoisotopic (exact) mass is 631 g/mol. The van der Waals surface area contributed by atoms with Crippen LogP contribution in [-0.2, 0) is 33.4 Å². The van der Waals surface area contributed by atoms with Crippen LogP contribution in [0.15, 0.2) is 0 Å². The van der Waals surface area contributed by atoms with Gasteiger partial charge in [0.15, 0.2) is 0 Å². The quantitative estimate of drug-likeness (QED) is 0.337. The summed E-state index contributed by atoms with van der Waals surface area (Å²) in [5.74, 6) is -2.96. The summed E-state index contributed by atoms with van der Waals surface area (Å²) in [6.07, 6.45) is 2.91. The zero-order chi connectivity index (χ0) is 31.6. The molecule has 0 spiro atoms. The summed E-state index contributed by atoms with van der Waals surface area (Å²) in [6, 6.07) is -1.14. The lowest BCUT2D eigenvalue weighted by molar-refractivity contribution is -0.173. The number of hydrogen-bond donors (Lipinski definition) is 1. The van der Waals surface area contributed by atoms with Crippen LogP contribution in [0.2, 0.25) is 0 Å². The van der Waals surface area contributed by atoms with Gasteiger partial charge in [0.1, 0.15) is 11.6 Å². The molecule has 0 aromatic carbocycles. The number of carbonyl (C=O) groups excluding carboxylic acids is 5. The van der Waals surface area contributed by atoms with Gasteiger partial charge in [0.05, 0.1) is 24.9 Å². The third kappa shape index (κ3) is 7.34. The zero-order valence-electron chi connectivity index (χ0n) is 26.0. The Morgan fingerprint density at radius 3 is 2.00 bits per heavy atom. The van der Waals surface area contributed by atoms with Crippen LogP contribution in [0.1, 0.15) is 80.1 Å². The number of halogens is 2. The van der Waals surface area contributed by atoms with Crippen molar-refractivity contribution in [1.82, 2.24) is 15.1 Å². The fraction of sp³-hybridized carbons (Fsp3) is 0.833. The Morgan fingerprint density at radius 2 is 1.48 bits per heavy atom. The Morgan fingerprint density at radius 1 is 0.929 bits per heavy atom. The molecule has 3 fully saturated rings. The Bertz CT molecular complexity index is 1040. The van der Waals surface area contributed by atoms with Crippen molar-refractivity contribution >= 4 is 52.9 Å². The van der Waals surface area contributed by atoms with Crippen molar-refractivity contribution in [1.29, 1.82) is 0 Å². The van der Waals surface area contributed by atoms with Gasteiger partial charge < -0.3 is 24.6 Å². The van der Waals surface area contributed by atoms with Crippen molar-refractivity contribution in [2.24, 2.45) is 22.7 Å². The SMILES string of the molecule is COC(=O)C[C@H](NC(=O)[C@H]1CC[C@@](C)(C(=O)OC(C)(C)C)C1(C)C)C(=O)N1CCN(C(=O)C2C(Cl)CCCC2Cl)CC1. The molecule has 42 heavy (non-hydrogen) atoms. The highest BCUT2D eigenvalue weighted by molar-refractivity contribution is 6.26. The Labute approximate surface area is 259 Å². The van der Waals surface area contributed by atoms with Gasteiger partial charge in [-0.2, -0.15) is 0 Å². The van der Waals surface area contributed by atoms with Gasteiger partial charge in [-0.3, -0.25) is 24.0 Å². The number of amides is 3. The van der Waals surface area contributed by atoms with Gasteiger partial charge in [-0.05, 0) is 58.8 Å². The molecule has 2 saturated carbocycles. The highest BCUT2D eigenvalue weighted by Gasteiger charge is 2.59. The molecule has 5 atom stereocenters. The maximum Gasteiger partial charge on any atom is 0.312 e. The number of carbonyl (C=O) groups is 5. The van der Waals surface area contributed by atoms with Crippen LogP contribution >= 0.6 is 23.2 Å². The molecule has 3 aliphatic rings. The number of piperazine rings is 1. The minimum absolute atomic E-state index is 0.0993. The molecule has 0 aromatic rings. The van der Waals surface area contributed by atoms with Crippen LogP contribution in [0.3, 0.4) is 0 Å². The predicted octanol–water partition coefficient (Wildman–Crippen LogP) is 3.50. The number of ether oxygens (including phenoxy) is 2. The Kier molecular flexibility index (Phi) is 10.9. The first kappa shape index (κ1) is 34.4. The number of nitrogens with zero attached hydrogens (tertiary/aromatic N) is 2. The molecule has 0 bridgehead atoms. The van der Waals surface area contributed by atoms with Crippen molar-refractivity contribution in [2.75, 3.05) is 33.3 Å². The lowest BCUT2D eigenvalue weighted by atomic mass is 9.65. The Hall–Kier alpha value is -2.07. The van der Waals surface area contributed by atoms with Crippen molar-refractivity contribution < 1.29 is 33.4 Å².